The number of nitrogens with zero attached hydrogens (tertiary/aromatic N) is 1. The SMILES string of the molecule is Bc1c(B)c(B)c(-c2c(B)c(B)c3c(c2B)Sc2c(B)c(-c4cc5ccccc5c5ccccc45)c(O)c(O)c2N3c2cc3ccccc3c3ccccc23)c(B)c1B. The highest BCUT2D eigenvalue weighted by Gasteiger charge is 2.37. The molecule has 10 rings (SSSR count). The fourth-order valence-corrected chi connectivity index (χ4v) is 11.5. The highest BCUT2D eigenvalue weighted by Crippen LogP contribution is 2.58. The summed E-state index contributed by atoms with van der Waals surface area (Å²) in [5.41, 5.74) is 17.9. The summed E-state index contributed by atoms with van der Waals surface area (Å²) in [4.78, 5) is 4.36. The average Bonchev–Trinajstić information content (AvgIpc) is 3.26. The van der Waals surface area contributed by atoms with Crippen molar-refractivity contribution in [2.24, 2.45) is 0 Å². The van der Waals surface area contributed by atoms with Gasteiger partial charge >= 0.3 is 0 Å². The van der Waals surface area contributed by atoms with Gasteiger partial charge in [0.2, 0.25) is 0 Å². The fourth-order valence-electron chi connectivity index (χ4n) is 10.2. The smallest absolute Gasteiger partial charge is 0.183 e. The molecule has 1 aliphatic rings. The summed E-state index contributed by atoms with van der Waals surface area (Å²) >= 11 is 1.73. The molecule has 2 N–H and O–H groups in total. The second-order valence-corrected chi connectivity index (χ2v) is 17.6. The largest absolute Gasteiger partial charge is 0.504 e. The second-order valence-electron chi connectivity index (χ2n) is 16.6. The maximum atomic E-state index is 12.8. The van der Waals surface area contributed by atoms with Crippen molar-refractivity contribution in [3.63, 3.8) is 0 Å². The van der Waals surface area contributed by atoms with Crippen LogP contribution in [0.3, 0.4) is 0 Å². The first-order valence-electron chi connectivity index (χ1n) is 20.5. The van der Waals surface area contributed by atoms with E-state index in [-0.39, 0.29) is 11.5 Å². The van der Waals surface area contributed by atoms with Crippen molar-refractivity contribution in [1.82, 2.24) is 0 Å². The number of anilines is 3. The van der Waals surface area contributed by atoms with Gasteiger partial charge in [-0.05, 0) is 66.5 Å². The Labute approximate surface area is 357 Å². The van der Waals surface area contributed by atoms with E-state index in [0.29, 0.717) is 11.3 Å². The van der Waals surface area contributed by atoms with E-state index < -0.39 is 0 Å². The lowest BCUT2D eigenvalue weighted by Gasteiger charge is -2.40. The topological polar surface area (TPSA) is 43.7 Å². The van der Waals surface area contributed by atoms with E-state index in [9.17, 15) is 10.2 Å². The number of phenols is 2. The number of hydrogen-bond donors (Lipinski definition) is 2. The van der Waals surface area contributed by atoms with Gasteiger partial charge in [-0.2, -0.15) is 0 Å². The first-order valence-corrected chi connectivity index (χ1v) is 21.3. The van der Waals surface area contributed by atoms with Crippen LogP contribution in [0.1, 0.15) is 0 Å². The third-order valence-corrected chi connectivity index (χ3v) is 15.2. The van der Waals surface area contributed by atoms with Crippen LogP contribution in [0.2, 0.25) is 0 Å². The fraction of sp³-hybridized carbons (Fsp3) is 0. The van der Waals surface area contributed by atoms with Crippen LogP contribution in [-0.2, 0) is 0 Å². The molecule has 59 heavy (non-hydrogen) atoms. The Bertz CT molecular complexity index is 3330. The van der Waals surface area contributed by atoms with E-state index >= 15 is 0 Å². The molecule has 13 heteroatoms. The lowest BCUT2D eigenvalue weighted by molar-refractivity contribution is 0.405. The molecule has 0 spiro atoms. The molecule has 0 saturated heterocycles. The highest BCUT2D eigenvalue weighted by molar-refractivity contribution is 8.00. The van der Waals surface area contributed by atoms with Crippen LogP contribution in [0.25, 0.3) is 65.3 Å². The summed E-state index contributed by atoms with van der Waals surface area (Å²) in [7, 11) is 20.2. The van der Waals surface area contributed by atoms with Crippen LogP contribution in [-0.4, -0.2) is 80.8 Å². The van der Waals surface area contributed by atoms with Crippen LogP contribution < -0.4 is 54.1 Å². The van der Waals surface area contributed by atoms with E-state index in [1.807, 2.05) is 0 Å². The highest BCUT2D eigenvalue weighted by atomic mass is 32.2. The first-order chi connectivity index (χ1) is 28.4. The molecule has 0 fully saturated rings. The molecule has 1 heterocycles. The number of benzene rings is 9. The molecule has 9 aromatic carbocycles. The van der Waals surface area contributed by atoms with E-state index in [2.05, 4.69) is 185 Å². The lowest BCUT2D eigenvalue weighted by atomic mass is 9.57. The van der Waals surface area contributed by atoms with Gasteiger partial charge in [-0.1, -0.05) is 142 Å². The first kappa shape index (κ1) is 37.6. The molecule has 9 aromatic rings. The summed E-state index contributed by atoms with van der Waals surface area (Å²) < 4.78 is 0. The van der Waals surface area contributed by atoms with Crippen molar-refractivity contribution in [3.05, 3.63) is 109 Å². The van der Waals surface area contributed by atoms with Gasteiger partial charge in [-0.15, -0.1) is 16.4 Å². The molecular formula is C46H38B9NO2S. The molecule has 272 valence electrons. The van der Waals surface area contributed by atoms with E-state index in [1.165, 1.54) is 54.8 Å². The summed E-state index contributed by atoms with van der Waals surface area (Å²) in [6, 6.07) is 38.4. The lowest BCUT2D eigenvalue weighted by Crippen LogP contribution is -2.56. The Morgan fingerprint density at radius 2 is 0.797 bits per heavy atom. The summed E-state index contributed by atoms with van der Waals surface area (Å²) in [5.74, 6) is -0.233. The molecule has 0 bridgehead atoms. The number of hydrogen-bond acceptors (Lipinski definition) is 4. The standard InChI is InChI=1S/C46H38B9NO2S/c47-32-30(33(48)38(53)39(54)37(32)52)31-34(49)40(55)41-45(36(31)51)59-46-35(50)29(27-17-19-9-1-3-11-21(19)23-13-5-6-15-25(23)27)43(57)44(58)42(46)56(41)28-18-20-10-2-4-12-22(20)24-14-7-8-16-26(24)28/h1-18,57-58H,47-55H2. The molecule has 0 aliphatic carbocycles. The molecule has 0 radical (unpaired) electrons. The Hall–Kier alpha value is -5.65. The normalized spacial score (nSPS) is 12.4. The van der Waals surface area contributed by atoms with E-state index in [0.717, 1.165) is 75.4 Å². The summed E-state index contributed by atoms with van der Waals surface area (Å²) in [5, 5.41) is 34.2. The number of phenolic OH excluding ortho intramolecular Hbond substituents is 2. The number of aromatic hydroxyl groups is 2. The van der Waals surface area contributed by atoms with Gasteiger partial charge in [0.05, 0.1) is 11.4 Å². The maximum absolute atomic E-state index is 12.8. The zero-order chi connectivity index (χ0) is 41.2. The Balaban J connectivity index is 1.35. The van der Waals surface area contributed by atoms with Gasteiger partial charge in [0.1, 0.15) is 76.3 Å². The van der Waals surface area contributed by atoms with Crippen LogP contribution in [0.15, 0.2) is 119 Å². The van der Waals surface area contributed by atoms with Crippen molar-refractivity contribution < 1.29 is 10.2 Å². The number of rotatable bonds is 3. The van der Waals surface area contributed by atoms with Gasteiger partial charge in [-0.3, -0.25) is 0 Å². The van der Waals surface area contributed by atoms with Crippen molar-refractivity contribution in [1.29, 1.82) is 0 Å². The Morgan fingerprint density at radius 3 is 1.41 bits per heavy atom. The van der Waals surface area contributed by atoms with Gasteiger partial charge < -0.3 is 15.1 Å². The van der Waals surface area contributed by atoms with Gasteiger partial charge in [0, 0.05) is 20.7 Å². The van der Waals surface area contributed by atoms with E-state index in [1.54, 1.807) is 11.8 Å². The zero-order valence-electron chi connectivity index (χ0n) is 35.1. The quantitative estimate of drug-likeness (QED) is 0.117. The summed E-state index contributed by atoms with van der Waals surface area (Å²) in [6.45, 7) is 0. The van der Waals surface area contributed by atoms with Gasteiger partial charge in [0.25, 0.3) is 0 Å². The Morgan fingerprint density at radius 1 is 0.373 bits per heavy atom. The molecule has 3 nitrogen and oxygen atoms in total. The average molecular weight is 766 g/mol. The van der Waals surface area contributed by atoms with Crippen LogP contribution in [0.4, 0.5) is 17.1 Å². The van der Waals surface area contributed by atoms with Crippen molar-refractivity contribution >= 4 is 192 Å². The summed E-state index contributed by atoms with van der Waals surface area (Å²) in [6.07, 6.45) is 0. The van der Waals surface area contributed by atoms with Crippen molar-refractivity contribution in [3.8, 4) is 33.8 Å². The van der Waals surface area contributed by atoms with Crippen molar-refractivity contribution in [2.45, 2.75) is 9.79 Å². The molecule has 0 saturated carbocycles. The predicted octanol–water partition coefficient (Wildman–Crippen LogP) is -2.70. The zero-order valence-corrected chi connectivity index (χ0v) is 36.0. The number of fused-ring (bicyclic) bond motifs is 8. The minimum absolute atomic E-state index is 0.111. The monoisotopic (exact) mass is 767 g/mol. The third-order valence-electron chi connectivity index (χ3n) is 13.8. The molecule has 1 aliphatic heterocycles. The maximum Gasteiger partial charge on any atom is 0.183 e. The molecule has 0 unspecified atom stereocenters. The minimum Gasteiger partial charge on any atom is -0.504 e. The molecule has 0 amide bonds. The molecular weight excluding hydrogens is 728 g/mol. The van der Waals surface area contributed by atoms with Crippen LogP contribution in [0, 0.1) is 0 Å². The van der Waals surface area contributed by atoms with E-state index in [4.69, 9.17) is 0 Å². The minimum atomic E-state index is -0.122. The third kappa shape index (κ3) is 5.29. The Kier molecular flexibility index (Phi) is 8.74. The second kappa shape index (κ2) is 13.7. The van der Waals surface area contributed by atoms with Crippen molar-refractivity contribution in [2.75, 3.05) is 4.90 Å². The predicted molar refractivity (Wildman–Crippen MR) is 283 cm³/mol. The molecule has 0 atom stereocenters. The van der Waals surface area contributed by atoms with Gasteiger partial charge in [-0.25, -0.2) is 0 Å². The molecule has 0 aromatic heterocycles. The van der Waals surface area contributed by atoms with Crippen LogP contribution in [0.5, 0.6) is 11.5 Å². The van der Waals surface area contributed by atoms with Gasteiger partial charge in [0.15, 0.2) is 11.5 Å². The van der Waals surface area contributed by atoms with Crippen LogP contribution >= 0.6 is 11.8 Å².